The van der Waals surface area contributed by atoms with Crippen LogP contribution in [0.3, 0.4) is 0 Å². The van der Waals surface area contributed by atoms with Gasteiger partial charge in [-0.2, -0.15) is 0 Å². The van der Waals surface area contributed by atoms with Gasteiger partial charge in [0.1, 0.15) is 5.82 Å². The van der Waals surface area contributed by atoms with E-state index in [1.54, 1.807) is 6.07 Å². The Morgan fingerprint density at radius 3 is 2.83 bits per heavy atom. The van der Waals surface area contributed by atoms with E-state index in [0.717, 1.165) is 31.6 Å². The summed E-state index contributed by atoms with van der Waals surface area (Å²) in [4.78, 5) is 0. The van der Waals surface area contributed by atoms with Crippen molar-refractivity contribution in [3.05, 3.63) is 34.6 Å². The van der Waals surface area contributed by atoms with Crippen LogP contribution in [0.25, 0.3) is 0 Å². The van der Waals surface area contributed by atoms with Crippen LogP contribution in [-0.2, 0) is 11.3 Å². The van der Waals surface area contributed by atoms with Crippen molar-refractivity contribution < 1.29 is 9.13 Å². The third kappa shape index (κ3) is 6.34. The summed E-state index contributed by atoms with van der Waals surface area (Å²) < 4.78 is 18.4. The zero-order valence-corrected chi connectivity index (χ0v) is 11.8. The van der Waals surface area contributed by atoms with Gasteiger partial charge in [-0.25, -0.2) is 4.39 Å². The minimum Gasteiger partial charge on any atom is -0.379 e. The number of ether oxygens (including phenoxy) is 1. The minimum atomic E-state index is -0.249. The van der Waals surface area contributed by atoms with Gasteiger partial charge in [0.15, 0.2) is 0 Å². The van der Waals surface area contributed by atoms with Crippen LogP contribution >= 0.6 is 11.6 Å². The van der Waals surface area contributed by atoms with Crippen LogP contribution in [0.15, 0.2) is 18.2 Å². The predicted molar refractivity (Wildman–Crippen MR) is 73.4 cm³/mol. The van der Waals surface area contributed by atoms with Gasteiger partial charge in [0.2, 0.25) is 0 Å². The van der Waals surface area contributed by atoms with Crippen molar-refractivity contribution in [1.82, 2.24) is 5.32 Å². The maximum atomic E-state index is 13.0. The minimum absolute atomic E-state index is 0.249. The highest BCUT2D eigenvalue weighted by molar-refractivity contribution is 6.31. The number of benzene rings is 1. The zero-order valence-electron chi connectivity index (χ0n) is 11.0. The molecule has 0 bridgehead atoms. The largest absolute Gasteiger partial charge is 0.379 e. The van der Waals surface area contributed by atoms with Crippen LogP contribution in [0.2, 0.25) is 5.02 Å². The molecule has 1 N–H and O–H groups in total. The maximum Gasteiger partial charge on any atom is 0.123 e. The second-order valence-electron chi connectivity index (χ2n) is 4.54. The highest BCUT2D eigenvalue weighted by Gasteiger charge is 2.01. The maximum absolute atomic E-state index is 13.0. The first-order valence-corrected chi connectivity index (χ1v) is 6.73. The number of unbranched alkanes of at least 4 members (excludes halogenated alkanes) is 1. The molecule has 18 heavy (non-hydrogen) atoms. The SMILES string of the molecule is CC(C)OCCCCNCc1cc(F)ccc1Cl. The third-order valence-corrected chi connectivity index (χ3v) is 2.89. The molecule has 2 nitrogen and oxygen atoms in total. The lowest BCUT2D eigenvalue weighted by Gasteiger charge is -2.08. The molecule has 102 valence electrons. The fourth-order valence-corrected chi connectivity index (χ4v) is 1.76. The Bertz CT molecular complexity index is 358. The molecule has 1 aromatic rings. The Morgan fingerprint density at radius 2 is 2.11 bits per heavy atom. The van der Waals surface area contributed by atoms with E-state index in [9.17, 15) is 4.39 Å². The summed E-state index contributed by atoms with van der Waals surface area (Å²) >= 11 is 5.97. The van der Waals surface area contributed by atoms with Crippen LogP contribution in [0.1, 0.15) is 32.3 Å². The van der Waals surface area contributed by atoms with E-state index in [2.05, 4.69) is 5.32 Å². The van der Waals surface area contributed by atoms with Gasteiger partial charge in [0, 0.05) is 18.2 Å². The molecule has 0 saturated carbocycles. The molecule has 0 fully saturated rings. The van der Waals surface area contributed by atoms with Gasteiger partial charge in [-0.15, -0.1) is 0 Å². The Kier molecular flexibility index (Phi) is 7.25. The number of hydrogen-bond acceptors (Lipinski definition) is 2. The Hall–Kier alpha value is -0.640. The van der Waals surface area contributed by atoms with Crippen molar-refractivity contribution in [2.75, 3.05) is 13.2 Å². The Morgan fingerprint density at radius 1 is 1.33 bits per heavy atom. The topological polar surface area (TPSA) is 21.3 Å². The molecule has 0 heterocycles. The summed E-state index contributed by atoms with van der Waals surface area (Å²) in [6, 6.07) is 4.43. The summed E-state index contributed by atoms with van der Waals surface area (Å²) in [6.07, 6.45) is 2.37. The average molecular weight is 274 g/mol. The second kappa shape index (κ2) is 8.46. The van der Waals surface area contributed by atoms with Gasteiger partial charge < -0.3 is 10.1 Å². The summed E-state index contributed by atoms with van der Waals surface area (Å²) in [5.41, 5.74) is 0.801. The van der Waals surface area contributed by atoms with Crippen LogP contribution in [0, 0.1) is 5.82 Å². The Labute approximate surface area is 113 Å². The molecule has 0 aliphatic carbocycles. The van der Waals surface area contributed by atoms with Gasteiger partial charge in [0.25, 0.3) is 0 Å². The van der Waals surface area contributed by atoms with E-state index in [4.69, 9.17) is 16.3 Å². The highest BCUT2D eigenvalue weighted by Crippen LogP contribution is 2.16. The van der Waals surface area contributed by atoms with Gasteiger partial charge in [-0.05, 0) is 57.0 Å². The Balaban J connectivity index is 2.12. The molecule has 0 amide bonds. The average Bonchev–Trinajstić information content (AvgIpc) is 2.32. The van der Waals surface area contributed by atoms with Crippen molar-refractivity contribution in [1.29, 1.82) is 0 Å². The van der Waals surface area contributed by atoms with Gasteiger partial charge in [0.05, 0.1) is 6.10 Å². The summed E-state index contributed by atoms with van der Waals surface area (Å²) in [6.45, 7) is 6.34. The van der Waals surface area contributed by atoms with Crippen molar-refractivity contribution in [3.63, 3.8) is 0 Å². The molecule has 4 heteroatoms. The summed E-state index contributed by atoms with van der Waals surface area (Å²) in [5, 5.41) is 3.85. The molecule has 0 aromatic heterocycles. The van der Waals surface area contributed by atoms with Crippen molar-refractivity contribution in [3.8, 4) is 0 Å². The summed E-state index contributed by atoms with van der Waals surface area (Å²) in [5.74, 6) is -0.249. The molecule has 0 aliphatic heterocycles. The first-order valence-electron chi connectivity index (χ1n) is 6.36. The van der Waals surface area contributed by atoms with E-state index in [0.29, 0.717) is 17.7 Å². The van der Waals surface area contributed by atoms with Gasteiger partial charge in [-0.1, -0.05) is 11.6 Å². The standard InChI is InChI=1S/C14H21ClFNO/c1-11(2)18-8-4-3-7-17-10-12-9-13(16)5-6-14(12)15/h5-6,9,11,17H,3-4,7-8,10H2,1-2H3. The second-order valence-corrected chi connectivity index (χ2v) is 4.95. The fraction of sp³-hybridized carbons (Fsp3) is 0.571. The molecule has 1 aromatic carbocycles. The monoisotopic (exact) mass is 273 g/mol. The number of nitrogens with one attached hydrogen (secondary N) is 1. The van der Waals surface area contributed by atoms with E-state index in [1.807, 2.05) is 13.8 Å². The number of halogens is 2. The van der Waals surface area contributed by atoms with Gasteiger partial charge >= 0.3 is 0 Å². The first kappa shape index (κ1) is 15.4. The van der Waals surface area contributed by atoms with E-state index < -0.39 is 0 Å². The molecule has 0 radical (unpaired) electrons. The lowest BCUT2D eigenvalue weighted by molar-refractivity contribution is 0.0760. The van der Waals surface area contributed by atoms with Crippen LogP contribution in [0.4, 0.5) is 4.39 Å². The van der Waals surface area contributed by atoms with Crippen molar-refractivity contribution in [2.24, 2.45) is 0 Å². The number of rotatable bonds is 8. The van der Waals surface area contributed by atoms with Crippen molar-refractivity contribution >= 4 is 11.6 Å². The summed E-state index contributed by atoms with van der Waals surface area (Å²) in [7, 11) is 0. The van der Waals surface area contributed by atoms with E-state index in [-0.39, 0.29) is 5.82 Å². The number of hydrogen-bond donors (Lipinski definition) is 1. The molecular weight excluding hydrogens is 253 g/mol. The lowest BCUT2D eigenvalue weighted by atomic mass is 10.2. The zero-order chi connectivity index (χ0) is 13.4. The molecule has 0 unspecified atom stereocenters. The molecule has 0 aliphatic rings. The smallest absolute Gasteiger partial charge is 0.123 e. The molecule has 0 spiro atoms. The molecule has 0 atom stereocenters. The van der Waals surface area contributed by atoms with E-state index in [1.165, 1.54) is 12.1 Å². The quantitative estimate of drug-likeness (QED) is 0.728. The molecular formula is C14H21ClFNO. The van der Waals surface area contributed by atoms with Crippen LogP contribution in [0.5, 0.6) is 0 Å². The van der Waals surface area contributed by atoms with E-state index >= 15 is 0 Å². The third-order valence-electron chi connectivity index (χ3n) is 2.52. The normalized spacial score (nSPS) is 11.2. The van der Waals surface area contributed by atoms with Crippen molar-refractivity contribution in [2.45, 2.75) is 39.3 Å². The fourth-order valence-electron chi connectivity index (χ4n) is 1.57. The molecule has 0 saturated heterocycles. The predicted octanol–water partition coefficient (Wildman–Crippen LogP) is 3.77. The van der Waals surface area contributed by atoms with Crippen LogP contribution in [-0.4, -0.2) is 19.3 Å². The van der Waals surface area contributed by atoms with Gasteiger partial charge in [-0.3, -0.25) is 0 Å². The first-order chi connectivity index (χ1) is 8.59. The highest BCUT2D eigenvalue weighted by atomic mass is 35.5. The molecule has 1 rings (SSSR count). The van der Waals surface area contributed by atoms with Crippen LogP contribution < -0.4 is 5.32 Å². The lowest BCUT2D eigenvalue weighted by Crippen LogP contribution is -2.16.